The third-order valence-electron chi connectivity index (χ3n) is 2.46. The van der Waals surface area contributed by atoms with E-state index in [1.807, 2.05) is 50.2 Å². The van der Waals surface area contributed by atoms with Crippen LogP contribution in [-0.2, 0) is 0 Å². The van der Waals surface area contributed by atoms with E-state index >= 15 is 0 Å². The summed E-state index contributed by atoms with van der Waals surface area (Å²) >= 11 is 3.43. The van der Waals surface area contributed by atoms with Crippen LogP contribution in [0, 0.1) is 6.92 Å². The molecule has 0 radical (unpaired) electrons. The Balaban J connectivity index is 2.10. The summed E-state index contributed by atoms with van der Waals surface area (Å²) in [7, 11) is 0. The summed E-state index contributed by atoms with van der Waals surface area (Å²) in [6, 6.07) is 11.8. The Morgan fingerprint density at radius 1 is 1.17 bits per heavy atom. The van der Waals surface area contributed by atoms with Gasteiger partial charge in [0.15, 0.2) is 0 Å². The summed E-state index contributed by atoms with van der Waals surface area (Å²) in [5, 5.41) is 3.25. The number of aromatic nitrogens is 1. The zero-order valence-electron chi connectivity index (χ0n) is 10.4. The number of ether oxygens (including phenoxy) is 1. The smallest absolute Gasteiger partial charge is 0.130 e. The zero-order chi connectivity index (χ0) is 13.0. The molecule has 0 aliphatic carbocycles. The molecule has 1 N–H and O–H groups in total. The summed E-state index contributed by atoms with van der Waals surface area (Å²) in [6.07, 6.45) is 0. The number of anilines is 2. The maximum atomic E-state index is 5.40. The average Bonchev–Trinajstić information content (AvgIpc) is 2.37. The number of nitrogens with one attached hydrogen (secondary N) is 1. The van der Waals surface area contributed by atoms with Gasteiger partial charge in [0.2, 0.25) is 0 Å². The molecule has 1 aromatic heterocycles. The number of halogens is 1. The van der Waals surface area contributed by atoms with Gasteiger partial charge in [0.1, 0.15) is 11.6 Å². The van der Waals surface area contributed by atoms with Crippen molar-refractivity contribution in [3.05, 3.63) is 46.6 Å². The molecule has 0 aliphatic heterocycles. The highest BCUT2D eigenvalue weighted by molar-refractivity contribution is 9.10. The molecule has 3 nitrogen and oxygen atoms in total. The second kappa shape index (κ2) is 5.87. The van der Waals surface area contributed by atoms with E-state index in [1.54, 1.807) is 0 Å². The summed E-state index contributed by atoms with van der Waals surface area (Å²) in [4.78, 5) is 4.44. The quantitative estimate of drug-likeness (QED) is 0.914. The van der Waals surface area contributed by atoms with E-state index in [0.717, 1.165) is 27.4 Å². The summed E-state index contributed by atoms with van der Waals surface area (Å²) in [5.41, 5.74) is 1.96. The second-order valence-corrected chi connectivity index (χ2v) is 4.70. The Kier molecular flexibility index (Phi) is 4.20. The molecule has 0 saturated carbocycles. The zero-order valence-corrected chi connectivity index (χ0v) is 12.0. The maximum absolute atomic E-state index is 5.40. The molecule has 0 aliphatic rings. The van der Waals surface area contributed by atoms with Gasteiger partial charge in [-0.25, -0.2) is 4.98 Å². The highest BCUT2D eigenvalue weighted by Crippen LogP contribution is 2.21. The van der Waals surface area contributed by atoms with Gasteiger partial charge in [0, 0.05) is 10.2 Å². The van der Waals surface area contributed by atoms with E-state index < -0.39 is 0 Å². The largest absolute Gasteiger partial charge is 0.494 e. The van der Waals surface area contributed by atoms with Gasteiger partial charge in [0.05, 0.1) is 12.3 Å². The van der Waals surface area contributed by atoms with Gasteiger partial charge in [-0.15, -0.1) is 0 Å². The van der Waals surface area contributed by atoms with E-state index in [4.69, 9.17) is 4.74 Å². The highest BCUT2D eigenvalue weighted by atomic mass is 79.9. The number of pyridine rings is 1. The van der Waals surface area contributed by atoms with Crippen molar-refractivity contribution < 1.29 is 4.74 Å². The number of benzene rings is 1. The van der Waals surface area contributed by atoms with Crippen LogP contribution in [0.1, 0.15) is 12.6 Å². The van der Waals surface area contributed by atoms with Gasteiger partial charge < -0.3 is 10.1 Å². The first kappa shape index (κ1) is 12.9. The molecule has 1 aromatic carbocycles. The van der Waals surface area contributed by atoms with Crippen LogP contribution in [0.15, 0.2) is 40.9 Å². The van der Waals surface area contributed by atoms with Crippen LogP contribution >= 0.6 is 15.9 Å². The molecule has 0 atom stereocenters. The Labute approximate surface area is 115 Å². The molecule has 0 spiro atoms. The molecule has 0 unspecified atom stereocenters. The lowest BCUT2D eigenvalue weighted by Crippen LogP contribution is -1.96. The minimum Gasteiger partial charge on any atom is -0.494 e. The molecule has 0 bridgehead atoms. The fraction of sp³-hybridized carbons (Fsp3) is 0.214. The van der Waals surface area contributed by atoms with E-state index in [9.17, 15) is 0 Å². The molecule has 2 aromatic rings. The molecular weight excluding hydrogens is 292 g/mol. The van der Waals surface area contributed by atoms with Crippen molar-refractivity contribution in [2.75, 3.05) is 11.9 Å². The first-order valence-corrected chi connectivity index (χ1v) is 6.61. The van der Waals surface area contributed by atoms with Crippen molar-refractivity contribution in [2.24, 2.45) is 0 Å². The molecule has 0 fully saturated rings. The van der Waals surface area contributed by atoms with E-state index in [2.05, 4.69) is 26.2 Å². The topological polar surface area (TPSA) is 34.1 Å². The van der Waals surface area contributed by atoms with Crippen molar-refractivity contribution in [2.45, 2.75) is 13.8 Å². The highest BCUT2D eigenvalue weighted by Gasteiger charge is 2.00. The normalized spacial score (nSPS) is 10.2. The summed E-state index contributed by atoms with van der Waals surface area (Å²) in [6.45, 7) is 4.62. The van der Waals surface area contributed by atoms with Gasteiger partial charge in [-0.3, -0.25) is 0 Å². The Bertz CT molecular complexity index is 526. The van der Waals surface area contributed by atoms with Crippen molar-refractivity contribution in [1.29, 1.82) is 0 Å². The minimum absolute atomic E-state index is 0.681. The van der Waals surface area contributed by atoms with Crippen LogP contribution in [-0.4, -0.2) is 11.6 Å². The third-order valence-corrected chi connectivity index (χ3v) is 3.30. The molecule has 1 heterocycles. The summed E-state index contributed by atoms with van der Waals surface area (Å²) < 4.78 is 6.41. The van der Waals surface area contributed by atoms with Gasteiger partial charge in [-0.2, -0.15) is 0 Å². The predicted molar refractivity (Wildman–Crippen MR) is 77.6 cm³/mol. The van der Waals surface area contributed by atoms with Crippen molar-refractivity contribution >= 4 is 27.4 Å². The lowest BCUT2D eigenvalue weighted by atomic mass is 10.3. The van der Waals surface area contributed by atoms with Gasteiger partial charge in [-0.1, -0.05) is 0 Å². The molecule has 18 heavy (non-hydrogen) atoms. The van der Waals surface area contributed by atoms with Crippen LogP contribution in [0.2, 0.25) is 0 Å². The number of hydrogen-bond donors (Lipinski definition) is 1. The van der Waals surface area contributed by atoms with Gasteiger partial charge in [-0.05, 0) is 66.2 Å². The van der Waals surface area contributed by atoms with Crippen LogP contribution in [0.25, 0.3) is 0 Å². The van der Waals surface area contributed by atoms with E-state index in [0.29, 0.717) is 6.61 Å². The van der Waals surface area contributed by atoms with Crippen molar-refractivity contribution in [3.63, 3.8) is 0 Å². The van der Waals surface area contributed by atoms with Gasteiger partial charge >= 0.3 is 0 Å². The van der Waals surface area contributed by atoms with Crippen LogP contribution in [0.5, 0.6) is 5.75 Å². The van der Waals surface area contributed by atoms with Crippen LogP contribution in [0.4, 0.5) is 11.5 Å². The van der Waals surface area contributed by atoms with Gasteiger partial charge in [0.25, 0.3) is 0 Å². The fourth-order valence-electron chi connectivity index (χ4n) is 1.56. The van der Waals surface area contributed by atoms with Crippen molar-refractivity contribution in [1.82, 2.24) is 4.98 Å². The standard InChI is InChI=1S/C14H15BrN2O/c1-3-18-12-6-4-11(5-7-12)17-14-9-8-13(15)10(2)16-14/h4-9H,3H2,1-2H3,(H,16,17). The maximum Gasteiger partial charge on any atom is 0.130 e. The summed E-state index contributed by atoms with van der Waals surface area (Å²) in [5.74, 6) is 1.71. The second-order valence-electron chi connectivity index (χ2n) is 3.85. The fourth-order valence-corrected chi connectivity index (χ4v) is 1.78. The van der Waals surface area contributed by atoms with Crippen molar-refractivity contribution in [3.8, 4) is 5.75 Å². The van der Waals surface area contributed by atoms with E-state index in [1.165, 1.54) is 0 Å². The first-order chi connectivity index (χ1) is 8.69. The SMILES string of the molecule is CCOc1ccc(Nc2ccc(Br)c(C)n2)cc1. The minimum atomic E-state index is 0.681. The Hall–Kier alpha value is -1.55. The lowest BCUT2D eigenvalue weighted by Gasteiger charge is -2.08. The van der Waals surface area contributed by atoms with Crippen LogP contribution in [0.3, 0.4) is 0 Å². The predicted octanol–water partition coefficient (Wildman–Crippen LogP) is 4.29. The molecule has 2 rings (SSSR count). The Morgan fingerprint density at radius 3 is 2.50 bits per heavy atom. The molecular formula is C14H15BrN2O. The van der Waals surface area contributed by atoms with Crippen LogP contribution < -0.4 is 10.1 Å². The monoisotopic (exact) mass is 306 g/mol. The molecule has 0 amide bonds. The Morgan fingerprint density at radius 2 is 1.89 bits per heavy atom. The number of aryl methyl sites for hydroxylation is 1. The molecule has 94 valence electrons. The lowest BCUT2D eigenvalue weighted by molar-refractivity contribution is 0.340. The molecule has 4 heteroatoms. The number of rotatable bonds is 4. The van der Waals surface area contributed by atoms with E-state index in [-0.39, 0.29) is 0 Å². The molecule has 0 saturated heterocycles. The average molecular weight is 307 g/mol. The number of nitrogens with zero attached hydrogens (tertiary/aromatic N) is 1. The number of hydrogen-bond acceptors (Lipinski definition) is 3. The first-order valence-electron chi connectivity index (χ1n) is 5.82. The third kappa shape index (κ3) is 3.23.